The van der Waals surface area contributed by atoms with Crippen molar-refractivity contribution in [3.05, 3.63) is 0 Å². The lowest BCUT2D eigenvalue weighted by molar-refractivity contribution is -0.142. The molecule has 3 atom stereocenters. The first-order valence-corrected chi connectivity index (χ1v) is 10.6. The number of amides is 1. The molecule has 2 aliphatic carbocycles. The van der Waals surface area contributed by atoms with Gasteiger partial charge in [0, 0.05) is 19.4 Å². The number of hydrogen-bond donors (Lipinski definition) is 3. The number of fused-ring (bicyclic) bond motifs is 1. The normalized spacial score (nSPS) is 23.4. The molecule has 0 aromatic carbocycles. The van der Waals surface area contributed by atoms with Crippen molar-refractivity contribution in [2.45, 2.75) is 25.7 Å². The van der Waals surface area contributed by atoms with Gasteiger partial charge >= 0.3 is 22.3 Å². The van der Waals surface area contributed by atoms with Crippen LogP contribution in [0.1, 0.15) is 25.7 Å². The van der Waals surface area contributed by atoms with Crippen LogP contribution in [0.4, 0.5) is 4.79 Å². The average molecular weight is 418 g/mol. The Morgan fingerprint density at radius 2 is 1.68 bits per heavy atom. The minimum absolute atomic E-state index is 0.0416. The monoisotopic (exact) mass is 418 g/mol. The second-order valence-electron chi connectivity index (χ2n) is 6.58. The van der Waals surface area contributed by atoms with Gasteiger partial charge in [0.2, 0.25) is 0 Å². The quantitative estimate of drug-likeness (QED) is 0.300. The number of carboxylic acids is 1. The van der Waals surface area contributed by atoms with Gasteiger partial charge in [-0.2, -0.15) is 13.1 Å². The molecule has 0 saturated heterocycles. The van der Waals surface area contributed by atoms with E-state index >= 15 is 0 Å². The number of rotatable bonds is 12. The van der Waals surface area contributed by atoms with E-state index in [4.69, 9.17) is 19.3 Å². The molecule has 11 heteroatoms. The van der Waals surface area contributed by atoms with E-state index in [1.165, 1.54) is 0 Å². The van der Waals surface area contributed by atoms with Crippen LogP contribution in [0.25, 0.3) is 0 Å². The maximum atomic E-state index is 11.8. The van der Waals surface area contributed by atoms with Crippen LogP contribution >= 0.6 is 0 Å². The van der Waals surface area contributed by atoms with E-state index in [2.05, 4.69) is 16.6 Å². The zero-order valence-electron chi connectivity index (χ0n) is 15.5. The molecule has 1 amide bonds. The molecule has 1 saturated carbocycles. The van der Waals surface area contributed by atoms with Crippen molar-refractivity contribution in [3.8, 4) is 11.8 Å². The number of aliphatic carboxylic acids is 1. The number of carboxylic acid groups (broad SMARTS) is 1. The molecular weight excluding hydrogens is 392 g/mol. The summed E-state index contributed by atoms with van der Waals surface area (Å²) in [5, 5.41) is 8.37. The minimum atomic E-state index is -4.04. The van der Waals surface area contributed by atoms with Gasteiger partial charge in [0.1, 0.15) is 6.61 Å². The molecule has 158 valence electrons. The second kappa shape index (κ2) is 11.2. The Labute approximate surface area is 164 Å². The predicted octanol–water partition coefficient (Wildman–Crippen LogP) is 0.104. The van der Waals surface area contributed by atoms with Crippen LogP contribution in [0.2, 0.25) is 0 Å². The summed E-state index contributed by atoms with van der Waals surface area (Å²) in [5.74, 6) is 6.43. The third-order valence-corrected chi connectivity index (χ3v) is 5.62. The van der Waals surface area contributed by atoms with E-state index in [-0.39, 0.29) is 38.9 Å². The average Bonchev–Trinajstić information content (AvgIpc) is 3.24. The van der Waals surface area contributed by atoms with Crippen LogP contribution < -0.4 is 9.44 Å². The third kappa shape index (κ3) is 8.43. The fourth-order valence-corrected chi connectivity index (χ4v) is 3.96. The van der Waals surface area contributed by atoms with E-state index in [0.29, 0.717) is 11.8 Å². The summed E-state index contributed by atoms with van der Waals surface area (Å²) in [6, 6.07) is 0. The van der Waals surface area contributed by atoms with Crippen LogP contribution in [0.5, 0.6) is 0 Å². The topological polar surface area (TPSA) is 140 Å². The highest BCUT2D eigenvalue weighted by Gasteiger charge is 2.49. The summed E-state index contributed by atoms with van der Waals surface area (Å²) < 4.78 is 42.4. The zero-order chi connectivity index (χ0) is 20.4. The van der Waals surface area contributed by atoms with Gasteiger partial charge < -0.3 is 19.3 Å². The molecule has 0 heterocycles. The van der Waals surface area contributed by atoms with Gasteiger partial charge in [-0.05, 0) is 30.6 Å². The van der Waals surface area contributed by atoms with Crippen LogP contribution in [-0.2, 0) is 29.2 Å². The van der Waals surface area contributed by atoms with Crippen molar-refractivity contribution in [3.63, 3.8) is 0 Å². The molecule has 28 heavy (non-hydrogen) atoms. The van der Waals surface area contributed by atoms with Crippen molar-refractivity contribution in [2.75, 3.05) is 39.6 Å². The van der Waals surface area contributed by atoms with Gasteiger partial charge in [-0.15, -0.1) is 11.8 Å². The molecule has 3 N–H and O–H groups in total. The number of carbonyl (C=O) groups is 2. The molecule has 0 unspecified atom stereocenters. The highest BCUT2D eigenvalue weighted by molar-refractivity contribution is 7.88. The Bertz CT molecular complexity index is 682. The van der Waals surface area contributed by atoms with E-state index in [1.54, 1.807) is 4.72 Å². The molecule has 10 nitrogen and oxygen atoms in total. The first-order valence-electron chi connectivity index (χ1n) is 9.16. The van der Waals surface area contributed by atoms with Crippen molar-refractivity contribution < 1.29 is 37.3 Å². The smallest absolute Gasteiger partial charge is 0.421 e. The largest absolute Gasteiger partial charge is 0.480 e. The third-order valence-electron chi connectivity index (χ3n) is 4.60. The highest BCUT2D eigenvalue weighted by Crippen LogP contribution is 2.52. The van der Waals surface area contributed by atoms with Crippen LogP contribution in [0.3, 0.4) is 0 Å². The van der Waals surface area contributed by atoms with Crippen molar-refractivity contribution in [2.24, 2.45) is 17.8 Å². The standard InChI is InChI=1S/C17H26N2O8S/c20-16(21)12-26-10-9-25-8-7-18-28(23,24)19-17(22)27-11-15-13-5-3-1-2-4-6-14(13)15/h13-15,18H,3-12H2,(H,19,22)(H,20,21)/t13-,14+,15-. The number of nitrogens with one attached hydrogen (secondary N) is 2. The van der Waals surface area contributed by atoms with Crippen molar-refractivity contribution in [1.29, 1.82) is 0 Å². The number of hydrogen-bond acceptors (Lipinski definition) is 7. The molecule has 1 fully saturated rings. The summed E-state index contributed by atoms with van der Waals surface area (Å²) in [6.45, 7) is -0.0271. The molecule has 0 radical (unpaired) electrons. The first kappa shape index (κ1) is 22.4. The molecule has 2 rings (SSSR count). The maximum absolute atomic E-state index is 11.8. The number of ether oxygens (including phenoxy) is 3. The zero-order valence-corrected chi connectivity index (χ0v) is 16.3. The lowest BCUT2D eigenvalue weighted by atomic mass is 10.1. The van der Waals surface area contributed by atoms with Gasteiger partial charge in [0.25, 0.3) is 0 Å². The summed E-state index contributed by atoms with van der Waals surface area (Å²) in [4.78, 5) is 21.9. The summed E-state index contributed by atoms with van der Waals surface area (Å²) >= 11 is 0. The highest BCUT2D eigenvalue weighted by atomic mass is 32.2. The van der Waals surface area contributed by atoms with E-state index in [1.807, 2.05) is 0 Å². The van der Waals surface area contributed by atoms with E-state index < -0.39 is 28.9 Å². The van der Waals surface area contributed by atoms with Gasteiger partial charge in [-0.25, -0.2) is 14.3 Å². The van der Waals surface area contributed by atoms with Gasteiger partial charge in [-0.1, -0.05) is 0 Å². The lowest BCUT2D eigenvalue weighted by Crippen LogP contribution is -2.42. The Morgan fingerprint density at radius 1 is 1.04 bits per heavy atom. The van der Waals surface area contributed by atoms with Crippen LogP contribution in [-0.4, -0.2) is 65.2 Å². The summed E-state index contributed by atoms with van der Waals surface area (Å²) in [7, 11) is -4.04. The molecule has 0 aliphatic heterocycles. The van der Waals surface area contributed by atoms with Gasteiger partial charge in [0.15, 0.2) is 0 Å². The SMILES string of the molecule is O=C(O)COCCOCCNS(=O)(=O)NC(=O)OC[C@@H]1[C@@H]2CCC#CCC[C@@H]21. The van der Waals surface area contributed by atoms with Crippen molar-refractivity contribution >= 4 is 22.3 Å². The predicted molar refractivity (Wildman–Crippen MR) is 97.4 cm³/mol. The Hall–Kier alpha value is -1.87. The molecule has 2 aliphatic rings. The second-order valence-corrected chi connectivity index (χ2v) is 8.08. The molecule has 0 bridgehead atoms. The maximum Gasteiger partial charge on any atom is 0.421 e. The fraction of sp³-hybridized carbons (Fsp3) is 0.765. The minimum Gasteiger partial charge on any atom is -0.480 e. The lowest BCUT2D eigenvalue weighted by Gasteiger charge is -2.09. The first-order chi connectivity index (χ1) is 13.4. The van der Waals surface area contributed by atoms with Crippen LogP contribution in [0, 0.1) is 29.6 Å². The Balaban J connectivity index is 1.53. The molecule has 0 aromatic heterocycles. The summed E-state index contributed by atoms with van der Waals surface area (Å²) in [5.41, 5.74) is 0. The fourth-order valence-electron chi connectivity index (χ4n) is 3.26. The van der Waals surface area contributed by atoms with Gasteiger partial charge in [0.05, 0.1) is 26.4 Å². The van der Waals surface area contributed by atoms with Crippen LogP contribution in [0.15, 0.2) is 0 Å². The summed E-state index contributed by atoms with van der Waals surface area (Å²) in [6.07, 6.45) is 2.69. The van der Waals surface area contributed by atoms with Gasteiger partial charge in [-0.3, -0.25) is 0 Å². The molecule has 0 spiro atoms. The van der Waals surface area contributed by atoms with E-state index in [0.717, 1.165) is 25.7 Å². The van der Waals surface area contributed by atoms with E-state index in [9.17, 15) is 18.0 Å². The number of carbonyl (C=O) groups excluding carboxylic acids is 1. The van der Waals surface area contributed by atoms with Crippen molar-refractivity contribution in [1.82, 2.24) is 9.44 Å². The Morgan fingerprint density at radius 3 is 2.32 bits per heavy atom. The molecular formula is C17H26N2O8S. The molecule has 0 aromatic rings. The Kier molecular flexibility index (Phi) is 8.98.